The number of allylic oxidation sites excluding steroid dienone is 2. The lowest BCUT2D eigenvalue weighted by Gasteiger charge is -2.34. The maximum absolute atomic E-state index is 13.4. The molecule has 0 radical (unpaired) electrons. The number of benzene rings is 2. The summed E-state index contributed by atoms with van der Waals surface area (Å²) in [7, 11) is 4.64. The van der Waals surface area contributed by atoms with Crippen LogP contribution in [0.2, 0.25) is 0 Å². The molecule has 1 aliphatic carbocycles. The summed E-state index contributed by atoms with van der Waals surface area (Å²) in [6.07, 6.45) is 1.82. The Morgan fingerprint density at radius 1 is 0.971 bits per heavy atom. The van der Waals surface area contributed by atoms with Gasteiger partial charge in [0, 0.05) is 37.7 Å². The van der Waals surface area contributed by atoms with Crippen molar-refractivity contribution in [3.8, 4) is 11.5 Å². The van der Waals surface area contributed by atoms with E-state index in [-0.39, 0.29) is 5.78 Å². The van der Waals surface area contributed by atoms with Crippen LogP contribution >= 0.6 is 0 Å². The lowest BCUT2D eigenvalue weighted by molar-refractivity contribution is -0.116. The van der Waals surface area contributed by atoms with Crippen LogP contribution in [-0.2, 0) is 25.5 Å². The third-order valence-electron chi connectivity index (χ3n) is 6.76. The smallest absolute Gasteiger partial charge is 0.332 e. The summed E-state index contributed by atoms with van der Waals surface area (Å²) < 4.78 is 14.2. The number of ether oxygens (including phenoxy) is 2. The summed E-state index contributed by atoms with van der Waals surface area (Å²) in [6, 6.07) is 15.3. The molecule has 1 atom stereocenters. The maximum atomic E-state index is 13.4. The average molecular weight is 474 g/mol. The first-order chi connectivity index (χ1) is 16.9. The Labute approximate surface area is 202 Å². The van der Waals surface area contributed by atoms with Crippen LogP contribution in [0.15, 0.2) is 69.4 Å². The van der Waals surface area contributed by atoms with E-state index in [1.54, 1.807) is 20.2 Å². The molecule has 0 amide bonds. The van der Waals surface area contributed by atoms with Crippen LogP contribution < -0.4 is 26.0 Å². The highest BCUT2D eigenvalue weighted by molar-refractivity contribution is 6.01. The number of hydrogen-bond donors (Lipinski definition) is 1. The summed E-state index contributed by atoms with van der Waals surface area (Å²) >= 11 is 0. The molecule has 0 unspecified atom stereocenters. The van der Waals surface area contributed by atoms with Crippen molar-refractivity contribution in [2.45, 2.75) is 31.8 Å². The van der Waals surface area contributed by atoms with Crippen LogP contribution in [0.3, 0.4) is 0 Å². The van der Waals surface area contributed by atoms with E-state index < -0.39 is 17.2 Å². The van der Waals surface area contributed by atoms with Gasteiger partial charge in [-0.2, -0.15) is 0 Å². The van der Waals surface area contributed by atoms with Gasteiger partial charge >= 0.3 is 5.69 Å². The van der Waals surface area contributed by atoms with E-state index in [9.17, 15) is 14.4 Å². The van der Waals surface area contributed by atoms with Crippen molar-refractivity contribution in [2.24, 2.45) is 14.1 Å². The van der Waals surface area contributed by atoms with Crippen LogP contribution in [0.4, 0.5) is 5.82 Å². The number of rotatable bonds is 5. The second-order valence-electron chi connectivity index (χ2n) is 8.88. The van der Waals surface area contributed by atoms with Crippen molar-refractivity contribution in [1.29, 1.82) is 0 Å². The zero-order valence-corrected chi connectivity index (χ0v) is 20.0. The summed E-state index contributed by atoms with van der Waals surface area (Å²) in [4.78, 5) is 39.1. The highest BCUT2D eigenvalue weighted by Gasteiger charge is 2.39. The molecular weight excluding hydrogens is 446 g/mol. The van der Waals surface area contributed by atoms with Crippen molar-refractivity contribution >= 4 is 11.6 Å². The summed E-state index contributed by atoms with van der Waals surface area (Å²) in [6.45, 7) is 0.378. The molecule has 0 saturated carbocycles. The van der Waals surface area contributed by atoms with Crippen LogP contribution in [-0.4, -0.2) is 22.0 Å². The topological polar surface area (TPSA) is 91.6 Å². The molecule has 35 heavy (non-hydrogen) atoms. The van der Waals surface area contributed by atoms with Crippen molar-refractivity contribution in [1.82, 2.24) is 9.13 Å². The lowest BCUT2D eigenvalue weighted by atomic mass is 9.76. The fraction of sp³-hybridized carbons (Fsp3) is 0.296. The SMILES string of the molecule is COc1cc([C@H]2C3=C(CCCC3=O)Nc3c2c(=O)n(C)c(=O)n3C)ccc1OCc1ccccc1. The minimum atomic E-state index is -0.614. The quantitative estimate of drug-likeness (QED) is 0.612. The molecule has 0 saturated heterocycles. The van der Waals surface area contributed by atoms with Crippen LogP contribution in [0.25, 0.3) is 0 Å². The highest BCUT2D eigenvalue weighted by atomic mass is 16.5. The first kappa shape index (κ1) is 22.7. The molecule has 0 bridgehead atoms. The van der Waals surface area contributed by atoms with Crippen molar-refractivity contribution in [3.05, 3.63) is 97.3 Å². The number of fused-ring (bicyclic) bond motifs is 1. The molecular formula is C27H27N3O5. The van der Waals surface area contributed by atoms with E-state index in [0.29, 0.717) is 47.9 Å². The molecule has 2 aromatic carbocycles. The Hall–Kier alpha value is -4.07. The number of nitrogens with zero attached hydrogens (tertiary/aromatic N) is 2. The zero-order valence-electron chi connectivity index (χ0n) is 20.0. The minimum Gasteiger partial charge on any atom is -0.493 e. The van der Waals surface area contributed by atoms with E-state index in [1.807, 2.05) is 42.5 Å². The van der Waals surface area contributed by atoms with Crippen molar-refractivity contribution in [2.75, 3.05) is 12.4 Å². The number of nitrogens with one attached hydrogen (secondary N) is 1. The van der Waals surface area contributed by atoms with Gasteiger partial charge in [0.2, 0.25) is 0 Å². The molecule has 180 valence electrons. The lowest BCUT2D eigenvalue weighted by Crippen LogP contribution is -2.44. The fourth-order valence-electron chi connectivity index (χ4n) is 4.95. The Bertz CT molecular complexity index is 1470. The zero-order chi connectivity index (χ0) is 24.7. The van der Waals surface area contributed by atoms with Gasteiger partial charge in [-0.1, -0.05) is 36.4 Å². The Morgan fingerprint density at radius 2 is 1.74 bits per heavy atom. The molecule has 1 aromatic heterocycles. The number of hydrogen-bond acceptors (Lipinski definition) is 6. The summed E-state index contributed by atoms with van der Waals surface area (Å²) in [5.41, 5.74) is 2.64. The van der Waals surface area contributed by atoms with E-state index in [2.05, 4.69) is 5.32 Å². The number of carbonyl (C=O) groups excluding carboxylic acids is 1. The normalized spacial score (nSPS) is 16.9. The van der Waals surface area contributed by atoms with E-state index in [4.69, 9.17) is 9.47 Å². The molecule has 0 spiro atoms. The fourth-order valence-corrected chi connectivity index (χ4v) is 4.95. The van der Waals surface area contributed by atoms with Crippen molar-refractivity contribution < 1.29 is 14.3 Å². The number of aromatic nitrogens is 2. The first-order valence-corrected chi connectivity index (χ1v) is 11.6. The molecule has 0 fully saturated rings. The second-order valence-corrected chi connectivity index (χ2v) is 8.88. The molecule has 2 heterocycles. The van der Waals surface area contributed by atoms with Crippen molar-refractivity contribution in [3.63, 3.8) is 0 Å². The van der Waals surface area contributed by atoms with Crippen LogP contribution in [0.5, 0.6) is 11.5 Å². The largest absolute Gasteiger partial charge is 0.493 e. The number of ketones is 1. The van der Waals surface area contributed by atoms with Gasteiger partial charge in [0.1, 0.15) is 12.4 Å². The third kappa shape index (κ3) is 3.84. The van der Waals surface area contributed by atoms with Gasteiger partial charge in [0.25, 0.3) is 5.56 Å². The van der Waals surface area contributed by atoms with Gasteiger partial charge in [0.05, 0.1) is 12.7 Å². The van der Waals surface area contributed by atoms with Gasteiger partial charge in [-0.05, 0) is 36.1 Å². The Balaban J connectivity index is 1.64. The summed E-state index contributed by atoms with van der Waals surface area (Å²) in [5, 5.41) is 3.24. The molecule has 2 aliphatic rings. The minimum absolute atomic E-state index is 0.00803. The number of carbonyl (C=O) groups is 1. The predicted octanol–water partition coefficient (Wildman–Crippen LogP) is 3.24. The number of anilines is 1. The number of Topliss-reactive ketones (excluding diaryl/α,β-unsaturated/α-hetero) is 1. The van der Waals surface area contributed by atoms with Crippen LogP contribution in [0, 0.1) is 0 Å². The van der Waals surface area contributed by atoms with Gasteiger partial charge in [-0.15, -0.1) is 0 Å². The average Bonchev–Trinajstić information content (AvgIpc) is 2.89. The van der Waals surface area contributed by atoms with Gasteiger partial charge < -0.3 is 14.8 Å². The van der Waals surface area contributed by atoms with Gasteiger partial charge in [-0.25, -0.2) is 4.79 Å². The van der Waals surface area contributed by atoms with Crippen LogP contribution in [0.1, 0.15) is 41.9 Å². The Kier molecular flexibility index (Phi) is 5.80. The molecule has 5 rings (SSSR count). The van der Waals surface area contributed by atoms with E-state index in [1.165, 1.54) is 11.6 Å². The predicted molar refractivity (Wildman–Crippen MR) is 132 cm³/mol. The molecule has 1 N–H and O–H groups in total. The maximum Gasteiger partial charge on any atom is 0.332 e. The standard InChI is InChI=1S/C27H27N3O5/c1-29-25-24(26(32)30(2)27(29)33)22(23-18(28-25)10-7-11-19(23)31)17-12-13-20(21(14-17)34-3)35-15-16-8-5-4-6-9-16/h4-6,8-9,12-14,22,28H,7,10-11,15H2,1-3H3/t22-/m0/s1. The molecule has 8 heteroatoms. The third-order valence-corrected chi connectivity index (χ3v) is 6.76. The monoisotopic (exact) mass is 473 g/mol. The first-order valence-electron chi connectivity index (χ1n) is 11.6. The summed E-state index contributed by atoms with van der Waals surface area (Å²) in [5.74, 6) is 0.891. The number of methoxy groups -OCH3 is 1. The Morgan fingerprint density at radius 3 is 2.49 bits per heavy atom. The highest BCUT2D eigenvalue weighted by Crippen LogP contribution is 2.45. The van der Waals surface area contributed by atoms with Gasteiger partial charge in [0.15, 0.2) is 17.3 Å². The molecule has 8 nitrogen and oxygen atoms in total. The van der Waals surface area contributed by atoms with E-state index in [0.717, 1.165) is 27.8 Å². The molecule has 3 aromatic rings. The van der Waals surface area contributed by atoms with E-state index >= 15 is 0 Å². The second kappa shape index (κ2) is 8.94. The molecule has 1 aliphatic heterocycles. The van der Waals surface area contributed by atoms with Gasteiger partial charge in [-0.3, -0.25) is 18.7 Å².